The molecule has 0 atom stereocenters. The van der Waals surface area contributed by atoms with Crippen LogP contribution in [0.5, 0.6) is 0 Å². The van der Waals surface area contributed by atoms with Gasteiger partial charge in [-0.15, -0.1) is 0 Å². The third-order valence-corrected chi connectivity index (χ3v) is 13.0. The van der Waals surface area contributed by atoms with E-state index in [4.69, 9.17) is 0 Å². The number of fused-ring (bicyclic) bond motifs is 8. The predicted octanol–water partition coefficient (Wildman–Crippen LogP) is 10.8. The molecule has 0 aromatic heterocycles. The Morgan fingerprint density at radius 1 is 0.574 bits per heavy atom. The van der Waals surface area contributed by atoms with Crippen LogP contribution in [0.25, 0.3) is 0 Å². The average molecular weight is 624 g/mol. The summed E-state index contributed by atoms with van der Waals surface area (Å²) in [6, 6.07) is 9.74. The van der Waals surface area contributed by atoms with Gasteiger partial charge < -0.3 is 4.90 Å². The lowest BCUT2D eigenvalue weighted by atomic mass is 9.64. The minimum atomic E-state index is 0.212. The van der Waals surface area contributed by atoms with Crippen molar-refractivity contribution in [2.24, 2.45) is 0 Å². The summed E-state index contributed by atoms with van der Waals surface area (Å²) in [5.74, 6) is 0. The molecule has 8 rings (SSSR count). The van der Waals surface area contributed by atoms with Crippen molar-refractivity contribution in [3.05, 3.63) is 118 Å². The van der Waals surface area contributed by atoms with Crippen molar-refractivity contribution in [3.8, 4) is 0 Å². The van der Waals surface area contributed by atoms with Gasteiger partial charge >= 0.3 is 0 Å². The highest BCUT2D eigenvalue weighted by Crippen LogP contribution is 2.57. The molecular formula is C45H55N2+. The van der Waals surface area contributed by atoms with Crippen LogP contribution in [-0.2, 0) is 36.5 Å². The van der Waals surface area contributed by atoms with Crippen molar-refractivity contribution < 1.29 is 4.58 Å². The Balaban J connectivity index is 0.989. The van der Waals surface area contributed by atoms with E-state index in [1.54, 1.807) is 33.4 Å². The molecule has 4 aliphatic carbocycles. The first kappa shape index (κ1) is 30.9. The van der Waals surface area contributed by atoms with E-state index in [9.17, 15) is 0 Å². The van der Waals surface area contributed by atoms with Crippen LogP contribution >= 0.6 is 0 Å². The molecule has 2 spiro atoms. The third-order valence-electron chi connectivity index (χ3n) is 13.0. The fourth-order valence-electron chi connectivity index (χ4n) is 10.9. The second kappa shape index (κ2) is 12.9. The Morgan fingerprint density at radius 2 is 1.13 bits per heavy atom. The number of benzene rings is 2. The molecule has 0 radical (unpaired) electrons. The van der Waals surface area contributed by atoms with Crippen LogP contribution in [0.2, 0.25) is 0 Å². The van der Waals surface area contributed by atoms with Gasteiger partial charge in [0.2, 0.25) is 5.69 Å². The van der Waals surface area contributed by atoms with Crippen molar-refractivity contribution in [1.29, 1.82) is 0 Å². The Bertz CT molecular complexity index is 1710. The van der Waals surface area contributed by atoms with E-state index >= 15 is 0 Å². The maximum absolute atomic E-state index is 2.53. The molecular weight excluding hydrogens is 569 g/mol. The zero-order chi connectivity index (χ0) is 31.8. The molecule has 0 bridgehead atoms. The summed E-state index contributed by atoms with van der Waals surface area (Å²) in [6.45, 7) is 0. The van der Waals surface area contributed by atoms with Crippen molar-refractivity contribution in [2.75, 3.05) is 19.0 Å². The molecule has 2 nitrogen and oxygen atoms in total. The molecule has 244 valence electrons. The molecule has 0 saturated heterocycles. The third kappa shape index (κ3) is 5.17. The quantitative estimate of drug-likeness (QED) is 0.237. The van der Waals surface area contributed by atoms with E-state index in [1.165, 1.54) is 138 Å². The van der Waals surface area contributed by atoms with Gasteiger partial charge in [-0.05, 0) is 117 Å². The monoisotopic (exact) mass is 623 g/mol. The summed E-state index contributed by atoms with van der Waals surface area (Å²) in [6.07, 6.45) is 44.3. The molecule has 47 heavy (non-hydrogen) atoms. The summed E-state index contributed by atoms with van der Waals surface area (Å²) in [5, 5.41) is 0. The van der Waals surface area contributed by atoms with Crippen LogP contribution in [0.15, 0.2) is 84.6 Å². The van der Waals surface area contributed by atoms with E-state index in [-0.39, 0.29) is 10.8 Å². The fourth-order valence-corrected chi connectivity index (χ4v) is 10.9. The standard InChI is InChI=1S/C45H55N2/c1-46-38-28-26-34-20-12-14-22-36(34)42(38)44(30-16-8-17-31-44)40(46)24-10-6-4-3-5-7-11-25-41-45(32-18-9-19-33-45)43-37-23-15-13-21-35(37)27-29-39(43)47(41)2/h3-7,10-11,24-29H,8-9,12-23,30-33H2,1-2H3/q+1. The number of aryl methyl sites for hydroxylation is 2. The van der Waals surface area contributed by atoms with Crippen molar-refractivity contribution in [3.63, 3.8) is 0 Å². The highest BCUT2D eigenvalue weighted by molar-refractivity contribution is 6.04. The SMILES string of the molecule is CN1/C(=C/C=C/C=C/C=C/C=C/C2=[N+](C)c3ccc4c(c3C23CCCCC3)CCCC4)C2(CCCCC2)c2c1ccc1c2CCCC1. The normalized spacial score (nSPS) is 24.0. The number of anilines is 1. The minimum absolute atomic E-state index is 0.212. The second-order valence-corrected chi connectivity index (χ2v) is 15.5. The zero-order valence-corrected chi connectivity index (χ0v) is 29.1. The average Bonchev–Trinajstić information content (AvgIpc) is 3.48. The first-order valence-electron chi connectivity index (χ1n) is 19.2. The van der Waals surface area contributed by atoms with Gasteiger partial charge in [0.05, 0.1) is 5.41 Å². The Hall–Kier alpha value is -3.39. The Labute approximate surface area is 284 Å². The molecule has 2 heterocycles. The number of nitrogens with zero attached hydrogens (tertiary/aromatic N) is 2. The first-order chi connectivity index (χ1) is 23.1. The fraction of sp³-hybridized carbons (Fsp3) is 0.489. The largest absolute Gasteiger partial charge is 0.347 e. The lowest BCUT2D eigenvalue weighted by Crippen LogP contribution is -2.37. The minimum Gasteiger partial charge on any atom is -0.347 e. The lowest BCUT2D eigenvalue weighted by molar-refractivity contribution is -0.401. The van der Waals surface area contributed by atoms with Gasteiger partial charge in [-0.25, -0.2) is 0 Å². The van der Waals surface area contributed by atoms with Crippen LogP contribution < -0.4 is 4.90 Å². The number of allylic oxidation sites excluding steroid dienone is 10. The maximum Gasteiger partial charge on any atom is 0.209 e. The van der Waals surface area contributed by atoms with Crippen LogP contribution in [0.1, 0.15) is 123 Å². The Kier molecular flexibility index (Phi) is 8.49. The number of hydrogen-bond acceptors (Lipinski definition) is 1. The molecule has 2 saturated carbocycles. The number of likely N-dealkylation sites (N-methyl/N-ethyl adjacent to an activating group) is 1. The van der Waals surface area contributed by atoms with Crippen molar-refractivity contribution >= 4 is 17.1 Å². The molecule has 0 N–H and O–H groups in total. The number of rotatable bonds is 5. The van der Waals surface area contributed by atoms with Gasteiger partial charge in [0.25, 0.3) is 0 Å². The van der Waals surface area contributed by atoms with Crippen molar-refractivity contribution in [2.45, 2.75) is 126 Å². The Morgan fingerprint density at radius 3 is 1.81 bits per heavy atom. The molecule has 0 unspecified atom stereocenters. The van der Waals surface area contributed by atoms with Gasteiger partial charge in [-0.3, -0.25) is 0 Å². The van der Waals surface area contributed by atoms with Crippen LogP contribution in [-0.4, -0.2) is 24.4 Å². The molecule has 2 aromatic rings. The smallest absolute Gasteiger partial charge is 0.209 e. The second-order valence-electron chi connectivity index (χ2n) is 15.5. The molecule has 2 aromatic carbocycles. The van der Waals surface area contributed by atoms with Gasteiger partial charge in [0.1, 0.15) is 7.05 Å². The summed E-state index contributed by atoms with van der Waals surface area (Å²) in [4.78, 5) is 2.53. The van der Waals surface area contributed by atoms with Crippen LogP contribution in [0, 0.1) is 0 Å². The molecule has 0 amide bonds. The van der Waals surface area contributed by atoms with E-state index in [0.29, 0.717) is 0 Å². The lowest BCUT2D eigenvalue weighted by Gasteiger charge is -2.38. The van der Waals surface area contributed by atoms with Gasteiger partial charge in [0, 0.05) is 41.6 Å². The van der Waals surface area contributed by atoms with E-state index in [1.807, 2.05) is 0 Å². The highest BCUT2D eigenvalue weighted by atomic mass is 15.2. The molecule has 2 heteroatoms. The van der Waals surface area contributed by atoms with Crippen molar-refractivity contribution in [1.82, 2.24) is 0 Å². The predicted molar refractivity (Wildman–Crippen MR) is 200 cm³/mol. The summed E-state index contributed by atoms with van der Waals surface area (Å²) < 4.78 is 2.53. The van der Waals surface area contributed by atoms with Crippen LogP contribution in [0.4, 0.5) is 11.4 Å². The molecule has 6 aliphatic rings. The van der Waals surface area contributed by atoms with Crippen LogP contribution in [0.3, 0.4) is 0 Å². The summed E-state index contributed by atoms with van der Waals surface area (Å²) in [5.41, 5.74) is 16.5. The van der Waals surface area contributed by atoms with E-state index in [0.717, 1.165) is 0 Å². The van der Waals surface area contributed by atoms with Gasteiger partial charge in [-0.1, -0.05) is 93.2 Å². The zero-order valence-electron chi connectivity index (χ0n) is 29.1. The maximum atomic E-state index is 2.53. The summed E-state index contributed by atoms with van der Waals surface area (Å²) in [7, 11) is 4.62. The molecule has 2 fully saturated rings. The molecule has 2 aliphatic heterocycles. The summed E-state index contributed by atoms with van der Waals surface area (Å²) >= 11 is 0. The van der Waals surface area contributed by atoms with E-state index in [2.05, 4.69) is 103 Å². The van der Waals surface area contributed by atoms with Gasteiger partial charge in [-0.2, -0.15) is 4.58 Å². The van der Waals surface area contributed by atoms with Gasteiger partial charge in [0.15, 0.2) is 5.71 Å². The van der Waals surface area contributed by atoms with E-state index < -0.39 is 0 Å². The topological polar surface area (TPSA) is 6.25 Å². The first-order valence-corrected chi connectivity index (χ1v) is 19.2. The number of hydrogen-bond donors (Lipinski definition) is 0. The highest BCUT2D eigenvalue weighted by Gasteiger charge is 2.52.